The number of carbonyl (C=O) groups is 1. The monoisotopic (exact) mass is 218 g/mol. The Labute approximate surface area is 94.1 Å². The maximum Gasteiger partial charge on any atom is 0.342 e. The Kier molecular flexibility index (Phi) is 2.31. The number of fused-ring (bicyclic) bond motifs is 1. The molecule has 0 amide bonds. The lowest BCUT2D eigenvalue weighted by Crippen LogP contribution is -2.00. The molecule has 1 aliphatic heterocycles. The van der Waals surface area contributed by atoms with E-state index in [0.717, 1.165) is 24.2 Å². The highest BCUT2D eigenvalue weighted by atomic mass is 16.5. The second kappa shape index (κ2) is 3.81. The summed E-state index contributed by atoms with van der Waals surface area (Å²) in [4.78, 5) is 11.4. The molecule has 16 heavy (non-hydrogen) atoms. The van der Waals surface area contributed by atoms with Crippen LogP contribution in [-0.2, 0) is 17.8 Å². The second-order valence-corrected chi connectivity index (χ2v) is 4.44. The van der Waals surface area contributed by atoms with Crippen LogP contribution in [0.2, 0.25) is 0 Å². The van der Waals surface area contributed by atoms with E-state index in [2.05, 4.69) is 12.2 Å². The van der Waals surface area contributed by atoms with Crippen LogP contribution >= 0.6 is 0 Å². The van der Waals surface area contributed by atoms with E-state index in [1.165, 1.54) is 12.8 Å². The Morgan fingerprint density at radius 3 is 3.19 bits per heavy atom. The Morgan fingerprint density at radius 2 is 2.38 bits per heavy atom. The molecule has 1 aromatic heterocycles. The van der Waals surface area contributed by atoms with Gasteiger partial charge in [0, 0.05) is 12.0 Å². The highest BCUT2D eigenvalue weighted by Crippen LogP contribution is 2.29. The Balaban J connectivity index is 1.71. The van der Waals surface area contributed by atoms with Crippen LogP contribution in [-0.4, -0.2) is 5.97 Å². The molecule has 3 heteroatoms. The lowest BCUT2D eigenvalue weighted by Gasteiger charge is -2.05. The van der Waals surface area contributed by atoms with E-state index < -0.39 is 0 Å². The molecule has 0 N–H and O–H groups in total. The van der Waals surface area contributed by atoms with Gasteiger partial charge >= 0.3 is 5.97 Å². The van der Waals surface area contributed by atoms with Crippen LogP contribution in [0.5, 0.6) is 0 Å². The van der Waals surface area contributed by atoms with Crippen LogP contribution in [0, 0.1) is 5.92 Å². The van der Waals surface area contributed by atoms with Crippen molar-refractivity contribution in [2.75, 3.05) is 0 Å². The van der Waals surface area contributed by atoms with Gasteiger partial charge in [-0.2, -0.15) is 0 Å². The van der Waals surface area contributed by atoms with Gasteiger partial charge in [-0.25, -0.2) is 4.79 Å². The Bertz CT molecular complexity index is 442. The van der Waals surface area contributed by atoms with E-state index in [9.17, 15) is 4.79 Å². The number of ether oxygens (including phenoxy) is 1. The zero-order valence-corrected chi connectivity index (χ0v) is 9.07. The summed E-state index contributed by atoms with van der Waals surface area (Å²) >= 11 is 0. The summed E-state index contributed by atoms with van der Waals surface area (Å²) in [5.74, 6) is 1.23. The summed E-state index contributed by atoms with van der Waals surface area (Å²) in [6, 6.07) is 0. The molecule has 1 unspecified atom stereocenters. The lowest BCUT2D eigenvalue weighted by molar-refractivity contribution is 0.0528. The van der Waals surface area contributed by atoms with Crippen molar-refractivity contribution in [3.05, 3.63) is 35.3 Å². The molecule has 0 radical (unpaired) electrons. The number of carbonyl (C=O) groups excluding carboxylic acids is 1. The standard InChI is InChI=1S/C13H14O3/c14-13-12-10(8-16-13)7-15-11(12)6-5-9-3-1-2-4-9/h1,3,7,9H,2,4-6,8H2. The van der Waals surface area contributed by atoms with Crippen molar-refractivity contribution in [3.63, 3.8) is 0 Å². The summed E-state index contributed by atoms with van der Waals surface area (Å²) < 4.78 is 10.4. The number of rotatable bonds is 3. The van der Waals surface area contributed by atoms with Gasteiger partial charge in [-0.3, -0.25) is 0 Å². The van der Waals surface area contributed by atoms with Crippen LogP contribution in [0.15, 0.2) is 22.8 Å². The van der Waals surface area contributed by atoms with Gasteiger partial charge < -0.3 is 9.15 Å². The van der Waals surface area contributed by atoms with Gasteiger partial charge in [-0.15, -0.1) is 0 Å². The van der Waals surface area contributed by atoms with E-state index in [0.29, 0.717) is 18.1 Å². The largest absolute Gasteiger partial charge is 0.468 e. The van der Waals surface area contributed by atoms with E-state index in [-0.39, 0.29) is 5.97 Å². The molecule has 0 spiro atoms. The van der Waals surface area contributed by atoms with Crippen LogP contribution < -0.4 is 0 Å². The van der Waals surface area contributed by atoms with E-state index >= 15 is 0 Å². The highest BCUT2D eigenvalue weighted by Gasteiger charge is 2.28. The molecule has 0 bridgehead atoms. The van der Waals surface area contributed by atoms with Crippen molar-refractivity contribution >= 4 is 5.97 Å². The first-order valence-corrected chi connectivity index (χ1v) is 5.77. The molecule has 3 rings (SSSR count). The summed E-state index contributed by atoms with van der Waals surface area (Å²) in [7, 11) is 0. The molecule has 84 valence electrons. The van der Waals surface area contributed by atoms with Crippen molar-refractivity contribution in [1.82, 2.24) is 0 Å². The molecule has 0 saturated heterocycles. The summed E-state index contributed by atoms with van der Waals surface area (Å²) in [6.07, 6.45) is 10.5. The van der Waals surface area contributed by atoms with Crippen LogP contribution in [0.25, 0.3) is 0 Å². The van der Waals surface area contributed by atoms with Crippen molar-refractivity contribution in [3.8, 4) is 0 Å². The molecule has 1 atom stereocenters. The fraction of sp³-hybridized carbons (Fsp3) is 0.462. The predicted octanol–water partition coefficient (Wildman–Crippen LogP) is 2.85. The Hall–Kier alpha value is -1.51. The van der Waals surface area contributed by atoms with E-state index in [1.54, 1.807) is 6.26 Å². The van der Waals surface area contributed by atoms with Crippen LogP contribution in [0.4, 0.5) is 0 Å². The second-order valence-electron chi connectivity index (χ2n) is 4.44. The summed E-state index contributed by atoms with van der Waals surface area (Å²) in [6.45, 7) is 0.376. The average molecular weight is 218 g/mol. The minimum atomic E-state index is -0.222. The summed E-state index contributed by atoms with van der Waals surface area (Å²) in [5.41, 5.74) is 1.59. The molecular weight excluding hydrogens is 204 g/mol. The lowest BCUT2D eigenvalue weighted by atomic mass is 10.0. The number of furan rings is 1. The molecular formula is C13H14O3. The first kappa shape index (κ1) is 9.70. The number of esters is 1. The fourth-order valence-corrected chi connectivity index (χ4v) is 2.44. The summed E-state index contributed by atoms with van der Waals surface area (Å²) in [5, 5.41) is 0. The topological polar surface area (TPSA) is 39.4 Å². The van der Waals surface area contributed by atoms with Crippen molar-refractivity contribution < 1.29 is 13.9 Å². The molecule has 0 saturated carbocycles. The fourth-order valence-electron chi connectivity index (χ4n) is 2.44. The molecule has 0 fully saturated rings. The zero-order valence-electron chi connectivity index (χ0n) is 9.07. The molecule has 1 aliphatic carbocycles. The number of allylic oxidation sites excluding steroid dienone is 2. The molecule has 2 aliphatic rings. The first-order valence-electron chi connectivity index (χ1n) is 5.77. The maximum absolute atomic E-state index is 11.4. The third-order valence-electron chi connectivity index (χ3n) is 3.36. The van der Waals surface area contributed by atoms with E-state index in [1.807, 2.05) is 0 Å². The normalized spacial score (nSPS) is 22.5. The number of hydrogen-bond donors (Lipinski definition) is 0. The van der Waals surface area contributed by atoms with E-state index in [4.69, 9.17) is 9.15 Å². The molecule has 2 heterocycles. The average Bonchev–Trinajstić information content (AvgIpc) is 2.96. The minimum Gasteiger partial charge on any atom is -0.468 e. The number of aryl methyl sites for hydroxylation is 1. The van der Waals surface area contributed by atoms with Crippen molar-refractivity contribution in [2.24, 2.45) is 5.92 Å². The number of cyclic esters (lactones) is 1. The Morgan fingerprint density at radius 1 is 1.44 bits per heavy atom. The quantitative estimate of drug-likeness (QED) is 0.578. The van der Waals surface area contributed by atoms with Crippen LogP contribution in [0.3, 0.4) is 0 Å². The zero-order chi connectivity index (χ0) is 11.0. The van der Waals surface area contributed by atoms with Gasteiger partial charge in [-0.1, -0.05) is 12.2 Å². The van der Waals surface area contributed by atoms with Gasteiger partial charge in [-0.05, 0) is 25.2 Å². The van der Waals surface area contributed by atoms with Gasteiger partial charge in [0.1, 0.15) is 17.9 Å². The highest BCUT2D eigenvalue weighted by molar-refractivity contribution is 5.94. The van der Waals surface area contributed by atoms with Crippen molar-refractivity contribution in [1.29, 1.82) is 0 Å². The van der Waals surface area contributed by atoms with Gasteiger partial charge in [0.15, 0.2) is 0 Å². The van der Waals surface area contributed by atoms with Crippen molar-refractivity contribution in [2.45, 2.75) is 32.3 Å². The minimum absolute atomic E-state index is 0.222. The number of hydrogen-bond acceptors (Lipinski definition) is 3. The van der Waals surface area contributed by atoms with Gasteiger partial charge in [0.2, 0.25) is 0 Å². The smallest absolute Gasteiger partial charge is 0.342 e. The molecule has 3 nitrogen and oxygen atoms in total. The van der Waals surface area contributed by atoms with Gasteiger partial charge in [0.05, 0.1) is 6.26 Å². The van der Waals surface area contributed by atoms with Gasteiger partial charge in [0.25, 0.3) is 0 Å². The SMILES string of the molecule is O=C1OCc2coc(CCC3C=CCC3)c21. The third-order valence-corrected chi connectivity index (χ3v) is 3.36. The molecule has 1 aromatic rings. The maximum atomic E-state index is 11.4. The van der Waals surface area contributed by atoms with Crippen LogP contribution in [0.1, 0.15) is 40.9 Å². The first-order chi connectivity index (χ1) is 7.84. The predicted molar refractivity (Wildman–Crippen MR) is 58.0 cm³/mol. The third kappa shape index (κ3) is 1.56. The molecule has 0 aromatic carbocycles.